The molecule has 3 aromatic carbocycles. The number of piperidine rings is 1. The molecule has 5 N–H and O–H groups in total. The van der Waals surface area contributed by atoms with E-state index in [4.69, 9.17) is 20.4 Å². The Morgan fingerprint density at radius 3 is 2.13 bits per heavy atom. The van der Waals surface area contributed by atoms with Gasteiger partial charge in [0, 0.05) is 24.4 Å². The second-order valence-electron chi connectivity index (χ2n) is 11.6. The molecule has 2 aliphatic rings. The molecule has 2 heterocycles. The summed E-state index contributed by atoms with van der Waals surface area (Å²) in [5.41, 5.74) is -0.776. The molecule has 11 nitrogen and oxygen atoms in total. The van der Waals surface area contributed by atoms with Crippen molar-refractivity contribution in [2.45, 2.75) is 49.7 Å². The largest absolute Gasteiger partial charge is 0.481 e. The molecular weight excluding hydrogens is 604 g/mol. The molecule has 46 heavy (non-hydrogen) atoms. The number of benzene rings is 3. The third kappa shape index (κ3) is 7.47. The Hall–Kier alpha value is -4.93. The van der Waals surface area contributed by atoms with Crippen LogP contribution < -0.4 is 5.32 Å². The molecule has 13 heteroatoms. The summed E-state index contributed by atoms with van der Waals surface area (Å²) >= 11 is 0. The van der Waals surface area contributed by atoms with E-state index < -0.39 is 36.4 Å². The Bertz CT molecular complexity index is 1670. The van der Waals surface area contributed by atoms with Crippen LogP contribution in [0.15, 0.2) is 54.6 Å². The van der Waals surface area contributed by atoms with E-state index in [1.54, 1.807) is 18.2 Å². The fourth-order valence-electron chi connectivity index (χ4n) is 6.42. The number of fused-ring (bicyclic) bond motifs is 1. The van der Waals surface area contributed by atoms with Gasteiger partial charge in [-0.25, -0.2) is 13.6 Å². The van der Waals surface area contributed by atoms with Gasteiger partial charge in [-0.05, 0) is 90.6 Å². The lowest BCUT2D eigenvalue weighted by Gasteiger charge is -2.42. The van der Waals surface area contributed by atoms with Gasteiger partial charge in [0.1, 0.15) is 11.6 Å². The number of carbonyl (C=O) groups excluding carboxylic acids is 1. The first-order valence-corrected chi connectivity index (χ1v) is 14.6. The second-order valence-corrected chi connectivity index (χ2v) is 11.6. The minimum absolute atomic E-state index is 0.0770. The third-order valence-electron chi connectivity index (χ3n) is 8.66. The monoisotopic (exact) mass is 637 g/mol. The van der Waals surface area contributed by atoms with Gasteiger partial charge in [-0.2, -0.15) is 5.26 Å². The molecule has 2 fully saturated rings. The standard InChI is InChI=1S/C27H25F2N3O.C6H8O7/c28-22-5-2-21(3-6-22)27(8-10-31-11-9-27)25-7-12-32(26(25)33)17-20-14-18(16-30)13-19-1-4-23(29)15-24(19)20;7-3(8)1-6(13,5(11)12)2-4(9)10/h1-6,13-15,25,31H,7-12,17H2;13H,1-2H2,(H,7,8)(H,9,10)(H,11,12). The van der Waals surface area contributed by atoms with Crippen LogP contribution in [0.4, 0.5) is 8.78 Å². The summed E-state index contributed by atoms with van der Waals surface area (Å²) in [5.74, 6) is -5.75. The van der Waals surface area contributed by atoms with Crippen LogP contribution in [-0.4, -0.2) is 74.4 Å². The number of halogens is 2. The van der Waals surface area contributed by atoms with E-state index in [1.165, 1.54) is 24.3 Å². The van der Waals surface area contributed by atoms with Crippen LogP contribution >= 0.6 is 0 Å². The second kappa shape index (κ2) is 14.0. The molecule has 1 unspecified atom stereocenters. The van der Waals surface area contributed by atoms with Gasteiger partial charge in [0.2, 0.25) is 5.91 Å². The number of carboxylic acid groups (broad SMARTS) is 3. The fourth-order valence-corrected chi connectivity index (χ4v) is 6.42. The predicted molar refractivity (Wildman–Crippen MR) is 159 cm³/mol. The molecule has 242 valence electrons. The predicted octanol–water partition coefficient (Wildman–Crippen LogP) is 3.41. The maximum absolute atomic E-state index is 14.0. The number of aliphatic carboxylic acids is 3. The highest BCUT2D eigenvalue weighted by Crippen LogP contribution is 2.45. The molecule has 0 radical (unpaired) electrons. The van der Waals surface area contributed by atoms with Gasteiger partial charge in [0.15, 0.2) is 5.60 Å². The van der Waals surface area contributed by atoms with Crippen molar-refractivity contribution < 1.29 is 48.4 Å². The maximum Gasteiger partial charge on any atom is 0.336 e. The van der Waals surface area contributed by atoms with Gasteiger partial charge in [-0.1, -0.05) is 18.2 Å². The summed E-state index contributed by atoms with van der Waals surface area (Å²) in [6.45, 7) is 2.57. The number of hydrogen-bond donors (Lipinski definition) is 5. The van der Waals surface area contributed by atoms with E-state index in [9.17, 15) is 33.2 Å². The first-order valence-electron chi connectivity index (χ1n) is 14.6. The molecule has 0 aliphatic carbocycles. The Morgan fingerprint density at radius 1 is 0.957 bits per heavy atom. The van der Waals surface area contributed by atoms with E-state index >= 15 is 0 Å². The Morgan fingerprint density at radius 2 is 1.57 bits per heavy atom. The first-order chi connectivity index (χ1) is 21.8. The Kier molecular flexibility index (Phi) is 10.3. The first kappa shape index (κ1) is 34.0. The van der Waals surface area contributed by atoms with Crippen LogP contribution in [0.1, 0.15) is 48.8 Å². The third-order valence-corrected chi connectivity index (χ3v) is 8.66. The molecule has 2 aliphatic heterocycles. The number of rotatable bonds is 9. The molecule has 2 saturated heterocycles. The highest BCUT2D eigenvalue weighted by molar-refractivity contribution is 5.89. The zero-order valence-corrected chi connectivity index (χ0v) is 24.7. The van der Waals surface area contributed by atoms with Crippen molar-refractivity contribution >= 4 is 34.6 Å². The Balaban J connectivity index is 0.000000315. The normalized spacial score (nSPS) is 17.6. The molecule has 0 spiro atoms. The van der Waals surface area contributed by atoms with Crippen molar-refractivity contribution in [2.75, 3.05) is 19.6 Å². The quantitative estimate of drug-likeness (QED) is 0.233. The number of likely N-dealkylation sites (tertiary alicyclic amines) is 1. The fraction of sp³-hybridized carbons (Fsp3) is 0.364. The van der Waals surface area contributed by atoms with Crippen molar-refractivity contribution in [2.24, 2.45) is 5.92 Å². The minimum Gasteiger partial charge on any atom is -0.481 e. The number of aliphatic hydroxyl groups is 1. The minimum atomic E-state index is -2.74. The average Bonchev–Trinajstić information content (AvgIpc) is 3.37. The highest BCUT2D eigenvalue weighted by atomic mass is 19.1. The molecule has 3 aromatic rings. The molecule has 1 amide bonds. The number of carboxylic acids is 3. The van der Waals surface area contributed by atoms with Crippen LogP contribution in [-0.2, 0) is 31.1 Å². The smallest absolute Gasteiger partial charge is 0.336 e. The molecule has 0 aromatic heterocycles. The SMILES string of the molecule is N#Cc1cc(CN2CCC(C3(c4ccc(F)cc4)CCNCC3)C2=O)c2cc(F)ccc2c1.O=C(O)CC(O)(CC(=O)O)C(=O)O. The number of hydrogen-bond acceptors (Lipinski definition) is 7. The number of nitrogens with one attached hydrogen (secondary N) is 1. The maximum atomic E-state index is 14.0. The summed E-state index contributed by atoms with van der Waals surface area (Å²) in [5, 5.41) is 48.1. The zero-order valence-electron chi connectivity index (χ0n) is 24.7. The summed E-state index contributed by atoms with van der Waals surface area (Å²) in [6, 6.07) is 16.8. The van der Waals surface area contributed by atoms with Crippen LogP contribution in [0.5, 0.6) is 0 Å². The summed E-state index contributed by atoms with van der Waals surface area (Å²) in [6.07, 6.45) is 0.0750. The molecular formula is C33H33F2N3O8. The lowest BCUT2D eigenvalue weighted by molar-refractivity contribution is -0.170. The van der Waals surface area contributed by atoms with E-state index in [-0.39, 0.29) is 28.9 Å². The van der Waals surface area contributed by atoms with Gasteiger partial charge in [-0.3, -0.25) is 14.4 Å². The number of amides is 1. The number of nitrogens with zero attached hydrogens (tertiary/aromatic N) is 2. The van der Waals surface area contributed by atoms with Gasteiger partial charge >= 0.3 is 17.9 Å². The lowest BCUT2D eigenvalue weighted by atomic mass is 9.64. The molecule has 5 rings (SSSR count). The van der Waals surface area contributed by atoms with Gasteiger partial charge in [0.25, 0.3) is 0 Å². The molecule has 0 bridgehead atoms. The van der Waals surface area contributed by atoms with E-state index in [2.05, 4.69) is 11.4 Å². The van der Waals surface area contributed by atoms with Crippen molar-refractivity contribution in [3.8, 4) is 6.07 Å². The summed E-state index contributed by atoms with van der Waals surface area (Å²) < 4.78 is 27.6. The summed E-state index contributed by atoms with van der Waals surface area (Å²) in [4.78, 5) is 46.0. The highest BCUT2D eigenvalue weighted by Gasteiger charge is 2.49. The van der Waals surface area contributed by atoms with Crippen LogP contribution in [0.25, 0.3) is 10.8 Å². The van der Waals surface area contributed by atoms with Crippen LogP contribution in [0.2, 0.25) is 0 Å². The van der Waals surface area contributed by atoms with Crippen molar-refractivity contribution in [1.29, 1.82) is 5.26 Å². The van der Waals surface area contributed by atoms with Gasteiger partial charge < -0.3 is 30.6 Å². The zero-order chi connectivity index (χ0) is 33.6. The Labute approximate surface area is 262 Å². The van der Waals surface area contributed by atoms with Crippen molar-refractivity contribution in [3.05, 3.63) is 82.9 Å². The van der Waals surface area contributed by atoms with Crippen molar-refractivity contribution in [3.63, 3.8) is 0 Å². The topological polar surface area (TPSA) is 188 Å². The van der Waals surface area contributed by atoms with Crippen molar-refractivity contribution in [1.82, 2.24) is 10.2 Å². The lowest BCUT2D eigenvalue weighted by Crippen LogP contribution is -2.47. The molecule has 0 saturated carbocycles. The number of nitriles is 1. The van der Waals surface area contributed by atoms with Gasteiger partial charge in [0.05, 0.1) is 24.5 Å². The summed E-state index contributed by atoms with van der Waals surface area (Å²) in [7, 11) is 0. The van der Waals surface area contributed by atoms with E-state index in [1.807, 2.05) is 17.0 Å². The molecule has 1 atom stereocenters. The van der Waals surface area contributed by atoms with Gasteiger partial charge in [-0.15, -0.1) is 0 Å². The average molecular weight is 638 g/mol. The van der Waals surface area contributed by atoms with Crippen LogP contribution in [0.3, 0.4) is 0 Å². The van der Waals surface area contributed by atoms with Crippen LogP contribution in [0, 0.1) is 28.9 Å². The van der Waals surface area contributed by atoms with E-state index in [0.717, 1.165) is 54.3 Å². The van der Waals surface area contributed by atoms with E-state index in [0.29, 0.717) is 18.7 Å². The number of carbonyl (C=O) groups is 4.